The van der Waals surface area contributed by atoms with Gasteiger partial charge in [0.2, 0.25) is 0 Å². The standard InChI is InChI=1S/C44H32N4/c1-3-13-29(14-4-1)30-23-25-31(26-24-30)41-37-19-7-10-20-38(37)45-44(46-41)48-40-22-12-9-18-34(40)36-28-27-35-33-17-8-11-21-39(33)47(42(35)43(36)48)32-15-5-2-6-16-32/h1-28,38,44-46H. The molecule has 228 valence electrons. The number of allylic oxidation sites excluding steroid dienone is 2. The number of benzene rings is 6. The molecule has 0 saturated heterocycles. The predicted octanol–water partition coefficient (Wildman–Crippen LogP) is 10.1. The number of fused-ring (bicyclic) bond motifs is 8. The number of nitrogens with one attached hydrogen (secondary N) is 2. The van der Waals surface area contributed by atoms with Crippen molar-refractivity contribution in [1.29, 1.82) is 0 Å². The molecule has 0 spiro atoms. The van der Waals surface area contributed by atoms with Gasteiger partial charge in [-0.05, 0) is 46.5 Å². The van der Waals surface area contributed by atoms with Crippen LogP contribution in [-0.4, -0.2) is 15.2 Å². The fourth-order valence-electron chi connectivity index (χ4n) is 7.85. The molecule has 4 nitrogen and oxygen atoms in total. The molecule has 0 bridgehead atoms. The Labute approximate surface area is 278 Å². The molecule has 2 N–H and O–H groups in total. The quantitative estimate of drug-likeness (QED) is 0.206. The van der Waals surface area contributed by atoms with Gasteiger partial charge in [-0.3, -0.25) is 5.32 Å². The van der Waals surface area contributed by atoms with E-state index >= 15 is 0 Å². The van der Waals surface area contributed by atoms with Gasteiger partial charge in [-0.25, -0.2) is 0 Å². The highest BCUT2D eigenvalue weighted by molar-refractivity contribution is 6.23. The lowest BCUT2D eigenvalue weighted by atomic mass is 9.93. The summed E-state index contributed by atoms with van der Waals surface area (Å²) in [4.78, 5) is 0. The van der Waals surface area contributed by atoms with Crippen LogP contribution in [0.1, 0.15) is 11.9 Å². The van der Waals surface area contributed by atoms with E-state index in [-0.39, 0.29) is 12.3 Å². The average molecular weight is 617 g/mol. The first-order valence-corrected chi connectivity index (χ1v) is 16.6. The second-order valence-corrected chi connectivity index (χ2v) is 12.6. The van der Waals surface area contributed by atoms with Crippen molar-refractivity contribution in [3.05, 3.63) is 181 Å². The minimum atomic E-state index is -0.214. The van der Waals surface area contributed by atoms with Crippen LogP contribution in [0.15, 0.2) is 175 Å². The fourth-order valence-corrected chi connectivity index (χ4v) is 7.85. The molecule has 2 aromatic heterocycles. The minimum Gasteiger partial charge on any atom is -0.352 e. The smallest absolute Gasteiger partial charge is 0.160 e. The molecular formula is C44H32N4. The lowest BCUT2D eigenvalue weighted by molar-refractivity contribution is 0.363. The van der Waals surface area contributed by atoms with E-state index in [0.717, 1.165) is 11.4 Å². The van der Waals surface area contributed by atoms with Crippen LogP contribution in [0.3, 0.4) is 0 Å². The number of para-hydroxylation sites is 3. The molecule has 48 heavy (non-hydrogen) atoms. The van der Waals surface area contributed by atoms with Crippen molar-refractivity contribution in [1.82, 2.24) is 19.8 Å². The van der Waals surface area contributed by atoms with Crippen molar-refractivity contribution in [2.24, 2.45) is 0 Å². The monoisotopic (exact) mass is 616 g/mol. The third-order valence-corrected chi connectivity index (χ3v) is 9.99. The molecule has 6 aromatic carbocycles. The lowest BCUT2D eigenvalue weighted by Crippen LogP contribution is -2.48. The molecule has 0 amide bonds. The van der Waals surface area contributed by atoms with Crippen molar-refractivity contribution < 1.29 is 0 Å². The second kappa shape index (κ2) is 10.7. The molecule has 8 aromatic rings. The van der Waals surface area contributed by atoms with Gasteiger partial charge in [-0.2, -0.15) is 0 Å². The summed E-state index contributed by atoms with van der Waals surface area (Å²) in [5.74, 6) is 0. The first kappa shape index (κ1) is 27.1. The van der Waals surface area contributed by atoms with Crippen molar-refractivity contribution in [3.63, 3.8) is 0 Å². The van der Waals surface area contributed by atoms with E-state index in [0.29, 0.717) is 0 Å². The summed E-state index contributed by atoms with van der Waals surface area (Å²) in [6.07, 6.45) is 8.58. The van der Waals surface area contributed by atoms with Crippen molar-refractivity contribution >= 4 is 49.3 Å². The van der Waals surface area contributed by atoms with Crippen LogP contribution in [0.5, 0.6) is 0 Å². The molecule has 2 aliphatic rings. The van der Waals surface area contributed by atoms with Gasteiger partial charge in [0, 0.05) is 32.9 Å². The van der Waals surface area contributed by atoms with Gasteiger partial charge in [0.1, 0.15) is 0 Å². The highest BCUT2D eigenvalue weighted by Gasteiger charge is 2.31. The maximum absolute atomic E-state index is 4.01. The van der Waals surface area contributed by atoms with Crippen LogP contribution >= 0.6 is 0 Å². The zero-order chi connectivity index (χ0) is 31.6. The molecule has 4 heteroatoms. The normalized spacial score (nSPS) is 17.4. The molecule has 2 unspecified atom stereocenters. The molecule has 1 aliphatic carbocycles. The maximum Gasteiger partial charge on any atom is 0.160 e. The number of hydrogen-bond donors (Lipinski definition) is 2. The van der Waals surface area contributed by atoms with Crippen LogP contribution in [0, 0.1) is 0 Å². The topological polar surface area (TPSA) is 33.9 Å². The Hall–Kier alpha value is -6.10. The van der Waals surface area contributed by atoms with Crippen LogP contribution in [0.2, 0.25) is 0 Å². The molecule has 0 radical (unpaired) electrons. The van der Waals surface area contributed by atoms with Gasteiger partial charge in [-0.1, -0.05) is 146 Å². The zero-order valence-electron chi connectivity index (χ0n) is 26.2. The summed E-state index contributed by atoms with van der Waals surface area (Å²) in [6, 6.07) is 52.6. The van der Waals surface area contributed by atoms with Crippen molar-refractivity contribution in [2.75, 3.05) is 0 Å². The zero-order valence-corrected chi connectivity index (χ0v) is 26.2. The Morgan fingerprint density at radius 2 is 1.08 bits per heavy atom. The van der Waals surface area contributed by atoms with Gasteiger partial charge in [0.05, 0.1) is 28.1 Å². The van der Waals surface area contributed by atoms with Gasteiger partial charge in [-0.15, -0.1) is 0 Å². The molecule has 3 heterocycles. The Balaban J connectivity index is 1.22. The van der Waals surface area contributed by atoms with E-state index < -0.39 is 0 Å². The Morgan fingerprint density at radius 1 is 0.479 bits per heavy atom. The van der Waals surface area contributed by atoms with E-state index in [2.05, 4.69) is 190 Å². The Bertz CT molecular complexity index is 2600. The summed E-state index contributed by atoms with van der Waals surface area (Å²) in [5.41, 5.74) is 11.9. The molecule has 10 rings (SSSR count). The summed E-state index contributed by atoms with van der Waals surface area (Å²) in [6.45, 7) is 0. The lowest BCUT2D eigenvalue weighted by Gasteiger charge is -2.37. The predicted molar refractivity (Wildman–Crippen MR) is 200 cm³/mol. The van der Waals surface area contributed by atoms with Crippen LogP contribution < -0.4 is 10.6 Å². The van der Waals surface area contributed by atoms with Gasteiger partial charge < -0.3 is 14.5 Å². The average Bonchev–Trinajstić information content (AvgIpc) is 3.68. The van der Waals surface area contributed by atoms with E-state index in [9.17, 15) is 0 Å². The van der Waals surface area contributed by atoms with E-state index in [4.69, 9.17) is 0 Å². The molecule has 0 fully saturated rings. The second-order valence-electron chi connectivity index (χ2n) is 12.6. The third kappa shape index (κ3) is 4.06. The maximum atomic E-state index is 4.01. The van der Waals surface area contributed by atoms with E-state index in [1.54, 1.807) is 0 Å². The fraction of sp³-hybridized carbons (Fsp3) is 0.0455. The summed E-state index contributed by atoms with van der Waals surface area (Å²) >= 11 is 0. The molecule has 0 saturated carbocycles. The van der Waals surface area contributed by atoms with Crippen molar-refractivity contribution in [2.45, 2.75) is 12.3 Å². The highest BCUT2D eigenvalue weighted by atomic mass is 15.3. The highest BCUT2D eigenvalue weighted by Crippen LogP contribution is 2.42. The van der Waals surface area contributed by atoms with Crippen LogP contribution in [0.4, 0.5) is 0 Å². The van der Waals surface area contributed by atoms with E-state index in [1.165, 1.54) is 65.9 Å². The minimum absolute atomic E-state index is 0.0560. The van der Waals surface area contributed by atoms with Crippen molar-refractivity contribution in [3.8, 4) is 16.8 Å². The van der Waals surface area contributed by atoms with Crippen LogP contribution in [-0.2, 0) is 0 Å². The molecule has 1 aliphatic heterocycles. The third-order valence-electron chi connectivity index (χ3n) is 9.99. The van der Waals surface area contributed by atoms with Gasteiger partial charge in [0.25, 0.3) is 0 Å². The largest absolute Gasteiger partial charge is 0.352 e. The van der Waals surface area contributed by atoms with Gasteiger partial charge in [0.15, 0.2) is 6.29 Å². The molecule has 2 atom stereocenters. The number of hydrogen-bond acceptors (Lipinski definition) is 2. The number of rotatable bonds is 4. The summed E-state index contributed by atoms with van der Waals surface area (Å²) in [5, 5.41) is 13.0. The SMILES string of the molecule is C1=CC2=C(c3ccc(-c4ccccc4)cc3)NC(n3c4ccccc4c4ccc5c6ccccc6n(-c6ccccc6)c5c43)NC2C=C1. The van der Waals surface area contributed by atoms with E-state index in [1.807, 2.05) is 0 Å². The first-order valence-electron chi connectivity index (χ1n) is 16.6. The Kier molecular flexibility index (Phi) is 6.05. The number of aromatic nitrogens is 2. The number of nitrogens with zero attached hydrogens (tertiary/aromatic N) is 2. The summed E-state index contributed by atoms with van der Waals surface area (Å²) in [7, 11) is 0. The van der Waals surface area contributed by atoms with Gasteiger partial charge >= 0.3 is 0 Å². The summed E-state index contributed by atoms with van der Waals surface area (Å²) < 4.78 is 4.94. The Morgan fingerprint density at radius 3 is 1.85 bits per heavy atom. The molecular weight excluding hydrogens is 585 g/mol. The van der Waals surface area contributed by atoms with Crippen LogP contribution in [0.25, 0.3) is 66.1 Å². The first-order chi connectivity index (χ1) is 23.8.